The number of ether oxygens (including phenoxy) is 3. The van der Waals surface area contributed by atoms with Crippen molar-refractivity contribution in [3.05, 3.63) is 82.1 Å². The maximum atomic E-state index is 14.5. The number of methoxy groups -OCH3 is 1. The third-order valence-electron chi connectivity index (χ3n) is 10.7. The largest absolute Gasteiger partial charge is 0.778 e. The van der Waals surface area contributed by atoms with Gasteiger partial charge in [0.2, 0.25) is 10.7 Å². The molecule has 3 amide bonds. The lowest BCUT2D eigenvalue weighted by Gasteiger charge is -2.29. The van der Waals surface area contributed by atoms with Crippen molar-refractivity contribution in [2.45, 2.75) is 84.0 Å². The number of amides is 3. The zero-order valence-corrected chi connectivity index (χ0v) is 48.4. The summed E-state index contributed by atoms with van der Waals surface area (Å²) in [4.78, 5) is 72.2. The summed E-state index contributed by atoms with van der Waals surface area (Å²) in [5, 5.41) is 9.97. The predicted octanol–water partition coefficient (Wildman–Crippen LogP) is 6.62. The summed E-state index contributed by atoms with van der Waals surface area (Å²) < 4.78 is 52.4. The molecule has 2 aromatic carbocycles. The maximum Gasteiger partial charge on any atom is 0.317 e. The van der Waals surface area contributed by atoms with E-state index >= 15 is 0 Å². The van der Waals surface area contributed by atoms with Crippen molar-refractivity contribution in [2.75, 3.05) is 80.8 Å². The van der Waals surface area contributed by atoms with Crippen LogP contribution in [0.2, 0.25) is 0 Å². The molecule has 414 valence electrons. The molecule has 0 aliphatic carbocycles. The van der Waals surface area contributed by atoms with Crippen LogP contribution in [0.5, 0.6) is 5.75 Å². The Hall–Kier alpha value is -4.50. The standard InChI is InChI=1S/C18H17FN4O2S.C14H20ClNO2.C11H13Cl2NO3.C3H8NO5P.C3H9S/c1-4-5-22-13-7-12(11(19)6-14(13)25-9-16(22)24)20-17-23-10-18(2,3)8-15(23)21-26-17;1-4-11-7-6-8-12(5-2)14(11)16(10-18-3)13(17)9-15;1-11(2)14(10(15)9(12)13)6-8(17-11)7-4-3-5-16-7;5-3(6)1-4-2-10(7,8)9;1-4(2)3/h1,6-7H,5,8-10H2,2-3H3;6-8H,4-5,9-10H2,1-3H3;3-5,8-9H,6H2,1-2H3;4H,1-2H2,(H,5,6)(H2,7,8,9);1-3H3/q;;;;+1/p-1. The lowest BCUT2D eigenvalue weighted by Crippen LogP contribution is -2.45. The van der Waals surface area contributed by atoms with Crippen LogP contribution in [0, 0.1) is 23.6 Å². The predicted molar refractivity (Wildman–Crippen MR) is 290 cm³/mol. The number of benzene rings is 2. The molecular weight excluding hydrogens is 1100 g/mol. The number of terminal acetylenes is 1. The van der Waals surface area contributed by atoms with Gasteiger partial charge in [-0.3, -0.25) is 34.3 Å². The monoisotopic (exact) mass is 1160 g/mol. The fourth-order valence-corrected chi connectivity index (χ4v) is 9.04. The second-order valence-electron chi connectivity index (χ2n) is 18.3. The Morgan fingerprint density at radius 3 is 2.31 bits per heavy atom. The zero-order chi connectivity index (χ0) is 56.4. The summed E-state index contributed by atoms with van der Waals surface area (Å²) in [5.41, 5.74) is 3.18. The number of furan rings is 1. The number of fused-ring (bicyclic) bond motifs is 2. The minimum Gasteiger partial charge on any atom is -0.778 e. The molecular formula is C49H66Cl3FN7O12PS2. The summed E-state index contributed by atoms with van der Waals surface area (Å²) in [6.07, 6.45) is 15.1. The number of hydrogen-bond acceptors (Lipinski definition) is 14. The molecule has 0 saturated carbocycles. The fourth-order valence-electron chi connectivity index (χ4n) is 7.50. The highest BCUT2D eigenvalue weighted by Crippen LogP contribution is 2.39. The molecule has 4 aromatic rings. The highest BCUT2D eigenvalue weighted by Gasteiger charge is 2.45. The summed E-state index contributed by atoms with van der Waals surface area (Å²) in [6, 6.07) is 12.5. The van der Waals surface area contributed by atoms with Crippen molar-refractivity contribution in [1.29, 1.82) is 0 Å². The fraction of sp³-hybridized carbons (Fsp3) is 0.510. The summed E-state index contributed by atoms with van der Waals surface area (Å²) >= 11 is 18.1. The van der Waals surface area contributed by atoms with Gasteiger partial charge in [0.15, 0.2) is 17.3 Å². The topological polar surface area (TPSA) is 242 Å². The number of carboxylic acid groups (broad SMARTS) is 1. The van der Waals surface area contributed by atoms with Crippen LogP contribution in [0.3, 0.4) is 0 Å². The summed E-state index contributed by atoms with van der Waals surface area (Å²) in [7, 11) is -2.13. The molecule has 3 N–H and O–H groups in total. The van der Waals surface area contributed by atoms with Crippen LogP contribution in [0.1, 0.15) is 70.4 Å². The van der Waals surface area contributed by atoms with Crippen LogP contribution in [0.4, 0.5) is 21.5 Å². The maximum absolute atomic E-state index is 14.5. The molecule has 3 aliphatic heterocycles. The van der Waals surface area contributed by atoms with E-state index in [1.807, 2.05) is 34.1 Å². The van der Waals surface area contributed by atoms with Crippen molar-refractivity contribution < 1.29 is 61.7 Å². The van der Waals surface area contributed by atoms with Gasteiger partial charge in [0.25, 0.3) is 11.8 Å². The van der Waals surface area contributed by atoms with Gasteiger partial charge in [-0.15, -0.1) is 18.0 Å². The molecule has 2 unspecified atom stereocenters. The SMILES string of the molecule is C#CCN1C(=O)COc2cc(F)c(N=c3snc4n3CC(C)(C)C4)cc21.CC1(C)OC(c2ccco2)CN1C(=O)C(Cl)Cl.CCc1cccc(CC)c1N(COC)C(=O)CCl.C[S+](C)C.O=C(O)CNCP(=O)([O-])O. The third-order valence-corrected chi connectivity index (χ3v) is 12.7. The highest BCUT2D eigenvalue weighted by molar-refractivity contribution is 7.94. The first-order chi connectivity index (χ1) is 35.1. The van der Waals surface area contributed by atoms with Crippen molar-refractivity contribution in [3.8, 4) is 18.1 Å². The van der Waals surface area contributed by atoms with E-state index in [4.69, 9.17) is 69.9 Å². The minimum absolute atomic E-state index is 0.0371. The van der Waals surface area contributed by atoms with Gasteiger partial charge in [-0.2, -0.15) is 4.37 Å². The average molecular weight is 1170 g/mol. The number of nitrogens with zero attached hydrogens (tertiary/aromatic N) is 6. The molecule has 1 fully saturated rings. The Balaban J connectivity index is 0.000000269. The lowest BCUT2D eigenvalue weighted by molar-refractivity contribution is -0.193. The Labute approximate surface area is 459 Å². The van der Waals surface area contributed by atoms with Gasteiger partial charge in [-0.1, -0.05) is 75.0 Å². The Morgan fingerprint density at radius 2 is 1.79 bits per heavy atom. The molecule has 75 heavy (non-hydrogen) atoms. The number of rotatable bonds is 14. The molecule has 5 heterocycles. The number of anilines is 2. The number of halogens is 4. The molecule has 7 rings (SSSR count). The quantitative estimate of drug-likeness (QED) is 0.0395. The molecule has 2 aromatic heterocycles. The van der Waals surface area contributed by atoms with E-state index in [2.05, 4.69) is 61.7 Å². The number of alkyl halides is 3. The molecule has 0 bridgehead atoms. The molecule has 26 heteroatoms. The number of carboxylic acids is 1. The highest BCUT2D eigenvalue weighted by atomic mass is 35.5. The van der Waals surface area contributed by atoms with Crippen LogP contribution in [0.15, 0.2) is 58.1 Å². The lowest BCUT2D eigenvalue weighted by atomic mass is 9.92. The normalized spacial score (nSPS) is 16.8. The number of carbonyl (C=O) groups is 4. The Bertz CT molecular complexity index is 2690. The van der Waals surface area contributed by atoms with Crippen LogP contribution in [-0.2, 0) is 69.9 Å². The van der Waals surface area contributed by atoms with E-state index in [-0.39, 0.29) is 60.7 Å². The molecule has 19 nitrogen and oxygen atoms in total. The Kier molecular flexibility index (Phi) is 25.8. The van der Waals surface area contributed by atoms with Crippen LogP contribution < -0.4 is 29.5 Å². The van der Waals surface area contributed by atoms with Gasteiger partial charge in [0.05, 0.1) is 62.3 Å². The molecule has 0 radical (unpaired) electrons. The van der Waals surface area contributed by atoms with Crippen molar-refractivity contribution in [2.24, 2.45) is 10.4 Å². The van der Waals surface area contributed by atoms with Gasteiger partial charge >= 0.3 is 5.97 Å². The van der Waals surface area contributed by atoms with Gasteiger partial charge in [-0.25, -0.2) is 9.38 Å². The number of carbonyl (C=O) groups excluding carboxylic acids is 3. The number of hydrogen-bond donors (Lipinski definition) is 3. The van der Waals surface area contributed by atoms with E-state index in [9.17, 15) is 33.0 Å². The van der Waals surface area contributed by atoms with Gasteiger partial charge in [-0.05, 0) is 72.3 Å². The van der Waals surface area contributed by atoms with Gasteiger partial charge in [0, 0.05) is 37.7 Å². The number of aryl methyl sites for hydroxylation is 2. The zero-order valence-electron chi connectivity index (χ0n) is 43.6. The summed E-state index contributed by atoms with van der Waals surface area (Å²) in [5.74, 6) is 1.92. The molecule has 1 saturated heterocycles. The second kappa shape index (κ2) is 29.9. The molecule has 2 atom stereocenters. The van der Waals surface area contributed by atoms with E-state index in [0.29, 0.717) is 39.4 Å². The van der Waals surface area contributed by atoms with Crippen molar-refractivity contribution in [3.63, 3.8) is 0 Å². The first-order valence-corrected chi connectivity index (χ1v) is 29.5. The molecule has 0 spiro atoms. The van der Waals surface area contributed by atoms with E-state index in [1.165, 1.54) is 33.5 Å². The van der Waals surface area contributed by atoms with Crippen LogP contribution >= 0.6 is 53.9 Å². The van der Waals surface area contributed by atoms with E-state index < -0.39 is 42.8 Å². The van der Waals surface area contributed by atoms with Crippen LogP contribution in [0.25, 0.3) is 0 Å². The third kappa shape index (κ3) is 19.8. The van der Waals surface area contributed by atoms with E-state index in [1.54, 1.807) is 38.2 Å². The second-order valence-corrected chi connectivity index (χ2v) is 24.5. The van der Waals surface area contributed by atoms with Crippen molar-refractivity contribution in [1.82, 2.24) is 19.2 Å². The van der Waals surface area contributed by atoms with Gasteiger partial charge < -0.3 is 47.6 Å². The first kappa shape index (κ1) is 64.8. The van der Waals surface area contributed by atoms with E-state index in [0.717, 1.165) is 48.4 Å². The number of para-hydroxylation sites is 1. The minimum atomic E-state index is -4.35. The smallest absolute Gasteiger partial charge is 0.317 e. The Morgan fingerprint density at radius 1 is 1.15 bits per heavy atom. The first-order valence-electron chi connectivity index (χ1n) is 23.2. The summed E-state index contributed by atoms with van der Waals surface area (Å²) in [6.45, 7) is 12.9. The average Bonchev–Trinajstić information content (AvgIpc) is 4.13. The number of nitrogens with one attached hydrogen (secondary N) is 1. The number of aliphatic carboxylic acids is 1. The van der Waals surface area contributed by atoms with Gasteiger partial charge in [0.1, 0.15) is 55.1 Å². The van der Waals surface area contributed by atoms with Crippen molar-refractivity contribution >= 4 is 106 Å². The number of aromatic nitrogens is 2. The van der Waals surface area contributed by atoms with Crippen LogP contribution in [-0.4, -0.2) is 129 Å². The molecule has 3 aliphatic rings.